The molecule has 0 saturated carbocycles. The monoisotopic (exact) mass is 668 g/mol. The summed E-state index contributed by atoms with van der Waals surface area (Å²) in [4.78, 5) is 13.1. The summed E-state index contributed by atoms with van der Waals surface area (Å²) in [7, 11) is 0. The Balaban J connectivity index is 1.20. The zero-order chi connectivity index (χ0) is 34.2. The van der Waals surface area contributed by atoms with Crippen molar-refractivity contribution >= 4 is 72.1 Å². The average Bonchev–Trinajstić information content (AvgIpc) is 3.73. The van der Waals surface area contributed by atoms with Crippen molar-refractivity contribution in [3.05, 3.63) is 186 Å². The number of anilines is 2. The summed E-state index contributed by atoms with van der Waals surface area (Å²) < 4.78 is 6.87. The fourth-order valence-corrected chi connectivity index (χ4v) is 8.25. The summed E-state index contributed by atoms with van der Waals surface area (Å²) in [5.74, 6) is 1.42. The first-order valence-corrected chi connectivity index (χ1v) is 17.9. The van der Waals surface area contributed by atoms with Crippen molar-refractivity contribution < 1.29 is 4.42 Å². The molecule has 2 unspecified atom stereocenters. The Bertz CT molecular complexity index is 2860. The van der Waals surface area contributed by atoms with Crippen molar-refractivity contribution in [3.63, 3.8) is 0 Å². The number of hydrogen-bond donors (Lipinski definition) is 1. The summed E-state index contributed by atoms with van der Waals surface area (Å²) in [5, 5.41) is 10.6. The Kier molecular flexibility index (Phi) is 6.37. The molecule has 52 heavy (non-hydrogen) atoms. The third-order valence-corrected chi connectivity index (χ3v) is 10.7. The van der Waals surface area contributed by atoms with E-state index in [1.165, 1.54) is 33.0 Å². The number of allylic oxidation sites excluding steroid dienone is 2. The van der Waals surface area contributed by atoms with Gasteiger partial charge in [0.2, 0.25) is 0 Å². The van der Waals surface area contributed by atoms with E-state index in [2.05, 4.69) is 150 Å². The smallest absolute Gasteiger partial charge is 0.163 e. The van der Waals surface area contributed by atoms with Gasteiger partial charge in [-0.1, -0.05) is 127 Å². The Morgan fingerprint density at radius 3 is 2.13 bits per heavy atom. The van der Waals surface area contributed by atoms with Gasteiger partial charge in [0, 0.05) is 33.3 Å². The number of benzene rings is 7. The van der Waals surface area contributed by atoms with Crippen molar-refractivity contribution in [2.45, 2.75) is 18.6 Å². The summed E-state index contributed by atoms with van der Waals surface area (Å²) in [6.07, 6.45) is 7.36. The molecule has 1 aromatic heterocycles. The maximum atomic E-state index is 6.87. The van der Waals surface area contributed by atoms with Gasteiger partial charge < -0.3 is 14.6 Å². The van der Waals surface area contributed by atoms with Crippen LogP contribution >= 0.6 is 0 Å². The standard InChI is InChI=1S/C47H32N4O/c1-3-13-29(14-4-1)45-48-46(30-15-5-2-6-16-30)50-47(49-45)40-28-35(27-39-38-24-32-18-8-10-20-34(32)26-43(38)52-44(39)40)51-41-22-12-11-21-36(41)37-23-31-17-7-9-19-33(31)25-42(37)51/h1-21,23-28,41,45H,22H2,(H,48,49,50). The van der Waals surface area contributed by atoms with Crippen LogP contribution in [0.2, 0.25) is 0 Å². The molecule has 0 bridgehead atoms. The molecule has 7 aromatic carbocycles. The molecule has 11 rings (SSSR count). The third-order valence-electron chi connectivity index (χ3n) is 10.7. The molecule has 1 aliphatic carbocycles. The van der Waals surface area contributed by atoms with Gasteiger partial charge in [0.15, 0.2) is 5.84 Å². The van der Waals surface area contributed by atoms with E-state index in [9.17, 15) is 0 Å². The Morgan fingerprint density at radius 1 is 0.654 bits per heavy atom. The van der Waals surface area contributed by atoms with Gasteiger partial charge in [-0.15, -0.1) is 0 Å². The predicted molar refractivity (Wildman–Crippen MR) is 215 cm³/mol. The van der Waals surface area contributed by atoms with Gasteiger partial charge in [0.25, 0.3) is 0 Å². The summed E-state index contributed by atoms with van der Waals surface area (Å²) >= 11 is 0. The minimum Gasteiger partial charge on any atom is -0.455 e. The molecule has 0 fully saturated rings. The number of furan rings is 1. The summed E-state index contributed by atoms with van der Waals surface area (Å²) in [5.41, 5.74) is 9.51. The number of fused-ring (bicyclic) bond motifs is 8. The maximum absolute atomic E-state index is 6.87. The van der Waals surface area contributed by atoms with Crippen molar-refractivity contribution in [2.24, 2.45) is 9.98 Å². The highest BCUT2D eigenvalue weighted by molar-refractivity contribution is 6.21. The van der Waals surface area contributed by atoms with Crippen LogP contribution in [0, 0.1) is 0 Å². The average molecular weight is 669 g/mol. The number of amidine groups is 2. The highest BCUT2D eigenvalue weighted by atomic mass is 16.3. The van der Waals surface area contributed by atoms with Crippen LogP contribution in [0.3, 0.4) is 0 Å². The second-order valence-corrected chi connectivity index (χ2v) is 13.8. The molecule has 0 spiro atoms. The van der Waals surface area contributed by atoms with E-state index < -0.39 is 0 Å². The van der Waals surface area contributed by atoms with Crippen LogP contribution in [-0.4, -0.2) is 17.7 Å². The van der Waals surface area contributed by atoms with Crippen LogP contribution in [0.15, 0.2) is 178 Å². The molecule has 0 saturated heterocycles. The van der Waals surface area contributed by atoms with Gasteiger partial charge in [-0.05, 0) is 75.5 Å². The molecule has 0 amide bonds. The second-order valence-electron chi connectivity index (χ2n) is 13.8. The lowest BCUT2D eigenvalue weighted by Crippen LogP contribution is -2.33. The molecule has 8 aromatic rings. The maximum Gasteiger partial charge on any atom is 0.163 e. The molecule has 3 aliphatic rings. The number of rotatable bonds is 4. The lowest BCUT2D eigenvalue weighted by atomic mass is 9.94. The topological polar surface area (TPSA) is 53.1 Å². The first kappa shape index (κ1) is 29.1. The van der Waals surface area contributed by atoms with Gasteiger partial charge >= 0.3 is 0 Å². The van der Waals surface area contributed by atoms with E-state index >= 15 is 0 Å². The molecule has 246 valence electrons. The second kappa shape index (κ2) is 11.4. The first-order valence-electron chi connectivity index (χ1n) is 17.9. The van der Waals surface area contributed by atoms with E-state index in [1.807, 2.05) is 24.3 Å². The fourth-order valence-electron chi connectivity index (χ4n) is 8.25. The molecular formula is C47H32N4O. The van der Waals surface area contributed by atoms with Crippen molar-refractivity contribution in [1.29, 1.82) is 0 Å². The van der Waals surface area contributed by atoms with Crippen LogP contribution in [0.25, 0.3) is 49.1 Å². The third kappa shape index (κ3) is 4.56. The van der Waals surface area contributed by atoms with Crippen molar-refractivity contribution in [2.75, 3.05) is 4.90 Å². The fraction of sp³-hybridized carbons (Fsp3) is 0.0638. The van der Waals surface area contributed by atoms with E-state index in [0.29, 0.717) is 5.84 Å². The minimum absolute atomic E-state index is 0.163. The number of nitrogens with one attached hydrogen (secondary N) is 1. The SMILES string of the molecule is C1=CCC2C(=C1)c1cc3ccccc3cc1N2c1cc(C2=NC(c3ccccc3)NC(c3ccccc3)=N2)c2oc3cc4ccccc4cc3c2c1. The van der Waals surface area contributed by atoms with E-state index in [-0.39, 0.29) is 12.2 Å². The number of hydrogen-bond acceptors (Lipinski definition) is 5. The van der Waals surface area contributed by atoms with Crippen LogP contribution in [0.4, 0.5) is 11.4 Å². The molecule has 2 atom stereocenters. The Morgan fingerprint density at radius 2 is 1.35 bits per heavy atom. The van der Waals surface area contributed by atoms with Gasteiger partial charge in [0.05, 0.1) is 11.6 Å². The lowest BCUT2D eigenvalue weighted by molar-refractivity contribution is 0.663. The van der Waals surface area contributed by atoms with Crippen molar-refractivity contribution in [1.82, 2.24) is 5.32 Å². The van der Waals surface area contributed by atoms with E-state index in [0.717, 1.165) is 62.0 Å². The Labute approximate surface area is 300 Å². The van der Waals surface area contributed by atoms with Gasteiger partial charge in [-0.2, -0.15) is 0 Å². The molecule has 2 aliphatic heterocycles. The van der Waals surface area contributed by atoms with Crippen LogP contribution < -0.4 is 10.2 Å². The normalized spacial score (nSPS) is 17.9. The van der Waals surface area contributed by atoms with Crippen LogP contribution in [0.5, 0.6) is 0 Å². The number of nitrogens with zero attached hydrogens (tertiary/aromatic N) is 3. The zero-order valence-electron chi connectivity index (χ0n) is 28.2. The summed E-state index contributed by atoms with van der Waals surface area (Å²) in [6, 6.07) is 51.7. The Hall–Kier alpha value is -6.72. The molecule has 3 heterocycles. The molecule has 5 nitrogen and oxygen atoms in total. The van der Waals surface area contributed by atoms with Crippen LogP contribution in [0.1, 0.15) is 34.8 Å². The molecule has 1 N–H and O–H groups in total. The number of aliphatic imine (C=N–C) groups is 2. The highest BCUT2D eigenvalue weighted by Gasteiger charge is 2.36. The summed E-state index contributed by atoms with van der Waals surface area (Å²) in [6.45, 7) is 0. The molecule has 0 radical (unpaired) electrons. The van der Waals surface area contributed by atoms with Gasteiger partial charge in [-0.3, -0.25) is 0 Å². The minimum atomic E-state index is -0.327. The van der Waals surface area contributed by atoms with Crippen LogP contribution in [-0.2, 0) is 0 Å². The van der Waals surface area contributed by atoms with Gasteiger partial charge in [-0.25, -0.2) is 9.98 Å². The molecule has 5 heteroatoms. The zero-order valence-corrected chi connectivity index (χ0v) is 28.2. The van der Waals surface area contributed by atoms with Crippen molar-refractivity contribution in [3.8, 4) is 0 Å². The van der Waals surface area contributed by atoms with E-state index in [1.54, 1.807) is 0 Å². The lowest BCUT2D eigenvalue weighted by Gasteiger charge is -2.29. The first-order chi connectivity index (χ1) is 25.7. The largest absolute Gasteiger partial charge is 0.455 e. The van der Waals surface area contributed by atoms with E-state index in [4.69, 9.17) is 14.4 Å². The predicted octanol–water partition coefficient (Wildman–Crippen LogP) is 11.3. The quantitative estimate of drug-likeness (QED) is 0.203. The highest BCUT2D eigenvalue weighted by Crippen LogP contribution is 2.50. The van der Waals surface area contributed by atoms with Gasteiger partial charge in [0.1, 0.15) is 23.2 Å². The molecular weight excluding hydrogens is 637 g/mol.